The highest BCUT2D eigenvalue weighted by molar-refractivity contribution is 5.93. The molecule has 0 aliphatic carbocycles. The van der Waals surface area contributed by atoms with Crippen molar-refractivity contribution in [1.29, 1.82) is 0 Å². The Labute approximate surface area is 168 Å². The van der Waals surface area contributed by atoms with Gasteiger partial charge in [-0.3, -0.25) is 19.4 Å². The molecule has 1 aromatic carbocycles. The summed E-state index contributed by atoms with van der Waals surface area (Å²) in [4.78, 5) is 31.4. The van der Waals surface area contributed by atoms with Crippen molar-refractivity contribution in [3.63, 3.8) is 0 Å². The number of hydrogen-bond donors (Lipinski definition) is 1. The molecule has 2 fully saturated rings. The highest BCUT2D eigenvalue weighted by Gasteiger charge is 2.25. The number of para-hydroxylation sites is 1. The summed E-state index contributed by atoms with van der Waals surface area (Å²) in [6.07, 6.45) is 2.46. The largest absolute Gasteiger partial charge is 0.339 e. The molecule has 2 amide bonds. The first-order valence-corrected chi connectivity index (χ1v) is 10.5. The number of carbonyl (C=O) groups excluding carboxylic acids is 2. The van der Waals surface area contributed by atoms with Crippen LogP contribution in [0, 0.1) is 19.8 Å². The number of amides is 2. The molecule has 3 rings (SSSR count). The molecular formula is C22H34N4O2. The van der Waals surface area contributed by atoms with Gasteiger partial charge in [0, 0.05) is 38.4 Å². The minimum Gasteiger partial charge on any atom is -0.339 e. The van der Waals surface area contributed by atoms with Crippen molar-refractivity contribution in [2.45, 2.75) is 33.6 Å². The first-order valence-electron chi connectivity index (χ1n) is 10.5. The fourth-order valence-electron chi connectivity index (χ4n) is 4.27. The van der Waals surface area contributed by atoms with Crippen molar-refractivity contribution < 1.29 is 9.59 Å². The number of anilines is 1. The van der Waals surface area contributed by atoms with Gasteiger partial charge in [0.05, 0.1) is 13.1 Å². The fourth-order valence-corrected chi connectivity index (χ4v) is 4.27. The number of piperazine rings is 1. The summed E-state index contributed by atoms with van der Waals surface area (Å²) in [5, 5.41) is 3.05. The monoisotopic (exact) mass is 386 g/mol. The number of aryl methyl sites for hydroxylation is 2. The third-order valence-corrected chi connectivity index (χ3v) is 5.94. The van der Waals surface area contributed by atoms with Crippen LogP contribution in [0.2, 0.25) is 0 Å². The molecule has 1 atom stereocenters. The van der Waals surface area contributed by atoms with E-state index in [0.29, 0.717) is 32.1 Å². The average Bonchev–Trinajstić information content (AvgIpc) is 2.65. The average molecular weight is 387 g/mol. The molecule has 1 N–H and O–H groups in total. The third kappa shape index (κ3) is 5.55. The maximum absolute atomic E-state index is 12.6. The van der Waals surface area contributed by atoms with Crippen molar-refractivity contribution in [2.24, 2.45) is 5.92 Å². The second-order valence-electron chi connectivity index (χ2n) is 8.45. The van der Waals surface area contributed by atoms with E-state index in [9.17, 15) is 9.59 Å². The normalized spacial score (nSPS) is 21.5. The van der Waals surface area contributed by atoms with E-state index in [0.717, 1.165) is 43.0 Å². The van der Waals surface area contributed by atoms with Crippen LogP contribution >= 0.6 is 0 Å². The minimum atomic E-state index is 0.0134. The lowest BCUT2D eigenvalue weighted by Gasteiger charge is -2.36. The van der Waals surface area contributed by atoms with Gasteiger partial charge in [-0.1, -0.05) is 25.1 Å². The number of carbonyl (C=O) groups is 2. The fraction of sp³-hybridized carbons (Fsp3) is 0.636. The van der Waals surface area contributed by atoms with E-state index in [4.69, 9.17) is 0 Å². The molecule has 0 bridgehead atoms. The van der Waals surface area contributed by atoms with Crippen LogP contribution in [0.15, 0.2) is 18.2 Å². The summed E-state index contributed by atoms with van der Waals surface area (Å²) >= 11 is 0. The molecule has 0 saturated carbocycles. The molecule has 2 saturated heterocycles. The van der Waals surface area contributed by atoms with Crippen molar-refractivity contribution >= 4 is 17.5 Å². The lowest BCUT2D eigenvalue weighted by atomic mass is 10.0. The third-order valence-electron chi connectivity index (χ3n) is 5.94. The van der Waals surface area contributed by atoms with E-state index in [1.54, 1.807) is 0 Å². The summed E-state index contributed by atoms with van der Waals surface area (Å²) in [5.41, 5.74) is 3.07. The summed E-state index contributed by atoms with van der Waals surface area (Å²) in [7, 11) is 0. The summed E-state index contributed by atoms with van der Waals surface area (Å²) in [5.74, 6) is 0.932. The van der Waals surface area contributed by atoms with Gasteiger partial charge in [-0.25, -0.2) is 0 Å². The number of benzene rings is 1. The van der Waals surface area contributed by atoms with E-state index >= 15 is 0 Å². The Morgan fingerprint density at radius 3 is 2.32 bits per heavy atom. The molecule has 0 unspecified atom stereocenters. The number of rotatable bonds is 5. The Kier molecular flexibility index (Phi) is 7.08. The molecule has 6 heteroatoms. The molecule has 154 valence electrons. The Balaban J connectivity index is 1.42. The highest BCUT2D eigenvalue weighted by Crippen LogP contribution is 2.19. The maximum Gasteiger partial charge on any atom is 0.238 e. The van der Waals surface area contributed by atoms with Gasteiger partial charge in [-0.05, 0) is 50.3 Å². The molecule has 28 heavy (non-hydrogen) atoms. The van der Waals surface area contributed by atoms with Crippen molar-refractivity contribution in [3.05, 3.63) is 29.3 Å². The molecule has 0 radical (unpaired) electrons. The molecular weight excluding hydrogens is 352 g/mol. The lowest BCUT2D eigenvalue weighted by Crippen LogP contribution is -2.53. The number of nitrogens with zero attached hydrogens (tertiary/aromatic N) is 3. The van der Waals surface area contributed by atoms with Crippen LogP contribution in [-0.2, 0) is 9.59 Å². The van der Waals surface area contributed by atoms with Gasteiger partial charge < -0.3 is 10.2 Å². The summed E-state index contributed by atoms with van der Waals surface area (Å²) < 4.78 is 0. The SMILES string of the molecule is Cc1cccc(C)c1NC(=O)CN1CCN(C(=O)CN2CCC[C@@H](C)C2)CC1. The van der Waals surface area contributed by atoms with Crippen molar-refractivity contribution in [3.8, 4) is 0 Å². The first kappa shape index (κ1) is 20.8. The lowest BCUT2D eigenvalue weighted by molar-refractivity contribution is -0.134. The zero-order valence-electron chi connectivity index (χ0n) is 17.5. The topological polar surface area (TPSA) is 55.9 Å². The Hall–Kier alpha value is -1.92. The van der Waals surface area contributed by atoms with E-state index in [1.807, 2.05) is 36.9 Å². The molecule has 1 aromatic rings. The van der Waals surface area contributed by atoms with Gasteiger partial charge in [0.2, 0.25) is 11.8 Å². The molecule has 2 aliphatic rings. The van der Waals surface area contributed by atoms with Crippen molar-refractivity contribution in [1.82, 2.24) is 14.7 Å². The maximum atomic E-state index is 12.6. The van der Waals surface area contributed by atoms with Gasteiger partial charge in [0.1, 0.15) is 0 Å². The van der Waals surface area contributed by atoms with Gasteiger partial charge in [0.15, 0.2) is 0 Å². The minimum absolute atomic E-state index is 0.0134. The first-order chi connectivity index (χ1) is 13.4. The van der Waals surface area contributed by atoms with E-state index in [1.165, 1.54) is 12.8 Å². The summed E-state index contributed by atoms with van der Waals surface area (Å²) in [6.45, 7) is 12.2. The van der Waals surface area contributed by atoms with Crippen LogP contribution in [0.5, 0.6) is 0 Å². The van der Waals surface area contributed by atoms with Crippen LogP contribution < -0.4 is 5.32 Å². The van der Waals surface area contributed by atoms with Gasteiger partial charge in [-0.2, -0.15) is 0 Å². The number of nitrogens with one attached hydrogen (secondary N) is 1. The van der Waals surface area contributed by atoms with E-state index in [-0.39, 0.29) is 11.8 Å². The Morgan fingerprint density at radius 1 is 1.00 bits per heavy atom. The smallest absolute Gasteiger partial charge is 0.238 e. The summed E-state index contributed by atoms with van der Waals surface area (Å²) in [6, 6.07) is 6.02. The number of piperidine rings is 1. The molecule has 0 spiro atoms. The molecule has 2 heterocycles. The number of likely N-dealkylation sites (tertiary alicyclic amines) is 1. The zero-order valence-corrected chi connectivity index (χ0v) is 17.5. The molecule has 6 nitrogen and oxygen atoms in total. The molecule has 2 aliphatic heterocycles. The predicted octanol–water partition coefficient (Wildman–Crippen LogP) is 2.12. The van der Waals surface area contributed by atoms with Gasteiger partial charge >= 0.3 is 0 Å². The van der Waals surface area contributed by atoms with Crippen LogP contribution in [0.4, 0.5) is 5.69 Å². The quantitative estimate of drug-likeness (QED) is 0.842. The molecule has 0 aromatic heterocycles. The predicted molar refractivity (Wildman–Crippen MR) is 112 cm³/mol. The highest BCUT2D eigenvalue weighted by atomic mass is 16.2. The second-order valence-corrected chi connectivity index (χ2v) is 8.45. The van der Waals surface area contributed by atoms with Crippen molar-refractivity contribution in [2.75, 3.05) is 57.7 Å². The number of hydrogen-bond acceptors (Lipinski definition) is 4. The van der Waals surface area contributed by atoms with E-state index in [2.05, 4.69) is 22.0 Å². The van der Waals surface area contributed by atoms with Crippen LogP contribution in [0.3, 0.4) is 0 Å². The second kappa shape index (κ2) is 9.52. The standard InChI is InChI=1S/C22H34N4O2/c1-17-6-5-9-25(14-17)16-21(28)26-12-10-24(11-13-26)15-20(27)23-22-18(2)7-4-8-19(22)3/h4,7-8,17H,5-6,9-16H2,1-3H3,(H,23,27)/t17-/m1/s1. The Bertz CT molecular complexity index is 678. The van der Waals surface area contributed by atoms with Gasteiger partial charge in [0.25, 0.3) is 0 Å². The van der Waals surface area contributed by atoms with Crippen LogP contribution in [0.25, 0.3) is 0 Å². The Morgan fingerprint density at radius 2 is 1.68 bits per heavy atom. The van der Waals surface area contributed by atoms with Crippen LogP contribution in [0.1, 0.15) is 30.9 Å². The van der Waals surface area contributed by atoms with E-state index < -0.39 is 0 Å². The zero-order chi connectivity index (χ0) is 20.1. The van der Waals surface area contributed by atoms with Crippen LogP contribution in [-0.4, -0.2) is 78.9 Å². The van der Waals surface area contributed by atoms with Gasteiger partial charge in [-0.15, -0.1) is 0 Å².